The predicted molar refractivity (Wildman–Crippen MR) is 134 cm³/mol. The van der Waals surface area contributed by atoms with E-state index < -0.39 is 0 Å². The number of amides is 1. The normalized spacial score (nSPS) is 21.0. The summed E-state index contributed by atoms with van der Waals surface area (Å²) < 4.78 is 10.0. The molecule has 0 radical (unpaired) electrons. The van der Waals surface area contributed by atoms with E-state index in [1.54, 1.807) is 7.11 Å². The second-order valence-corrected chi connectivity index (χ2v) is 9.84. The number of methoxy groups -OCH3 is 1. The summed E-state index contributed by atoms with van der Waals surface area (Å²) in [5.41, 5.74) is 11.4. The monoisotopic (exact) mass is 457 g/mol. The highest BCUT2D eigenvalue weighted by Crippen LogP contribution is 2.37. The third-order valence-electron chi connectivity index (χ3n) is 7.53. The van der Waals surface area contributed by atoms with E-state index in [1.807, 2.05) is 29.3 Å². The Labute approximate surface area is 199 Å². The number of nitrogens with zero attached hydrogens (tertiary/aromatic N) is 4. The van der Waals surface area contributed by atoms with Crippen molar-refractivity contribution in [2.75, 3.05) is 20.2 Å². The van der Waals surface area contributed by atoms with Crippen LogP contribution in [-0.2, 0) is 18.3 Å². The summed E-state index contributed by atoms with van der Waals surface area (Å²) >= 11 is 0. The van der Waals surface area contributed by atoms with E-state index in [1.165, 1.54) is 18.5 Å². The Morgan fingerprint density at radius 3 is 2.71 bits per heavy atom. The Balaban J connectivity index is 1.36. The Morgan fingerprint density at radius 1 is 1.12 bits per heavy atom. The number of pyridine rings is 1. The molecule has 1 saturated heterocycles. The molecule has 2 atom stereocenters. The molecule has 2 aliphatic rings. The van der Waals surface area contributed by atoms with Crippen LogP contribution in [0.15, 0.2) is 48.7 Å². The largest absolute Gasteiger partial charge is 0.380 e. The van der Waals surface area contributed by atoms with Crippen molar-refractivity contribution in [1.82, 2.24) is 19.0 Å². The van der Waals surface area contributed by atoms with Crippen molar-refractivity contribution in [1.29, 1.82) is 0 Å². The van der Waals surface area contributed by atoms with Gasteiger partial charge in [-0.3, -0.25) is 4.79 Å². The Morgan fingerprint density at radius 2 is 1.94 bits per heavy atom. The lowest BCUT2D eigenvalue weighted by Gasteiger charge is -2.35. The van der Waals surface area contributed by atoms with Crippen molar-refractivity contribution in [3.05, 3.63) is 54.2 Å². The number of carbonyl (C=O) groups is 1. The van der Waals surface area contributed by atoms with Crippen LogP contribution < -0.4 is 5.73 Å². The van der Waals surface area contributed by atoms with E-state index in [0.717, 1.165) is 46.5 Å². The Kier molecular flexibility index (Phi) is 5.19. The van der Waals surface area contributed by atoms with E-state index in [0.29, 0.717) is 18.7 Å². The zero-order valence-corrected chi connectivity index (χ0v) is 19.8. The molecule has 3 aromatic heterocycles. The highest BCUT2D eigenvalue weighted by molar-refractivity contribution is 5.99. The summed E-state index contributed by atoms with van der Waals surface area (Å²) in [4.78, 5) is 19.8. The molecular formula is C27H31N5O2. The number of hydrogen-bond donors (Lipinski definition) is 1. The summed E-state index contributed by atoms with van der Waals surface area (Å²) in [6, 6.07) is 14.4. The molecule has 0 unspecified atom stereocenters. The maximum Gasteiger partial charge on any atom is 0.253 e. The van der Waals surface area contributed by atoms with Crippen molar-refractivity contribution in [2.24, 2.45) is 18.7 Å². The van der Waals surface area contributed by atoms with Gasteiger partial charge in [-0.25, -0.2) is 4.98 Å². The quantitative estimate of drug-likeness (QED) is 0.495. The van der Waals surface area contributed by atoms with Crippen LogP contribution >= 0.6 is 0 Å². The first-order valence-corrected chi connectivity index (χ1v) is 12.1. The fraction of sp³-hybridized carbons (Fsp3) is 0.407. The van der Waals surface area contributed by atoms with Crippen molar-refractivity contribution in [2.45, 2.75) is 38.0 Å². The summed E-state index contributed by atoms with van der Waals surface area (Å²) in [5, 5.41) is 2.23. The summed E-state index contributed by atoms with van der Waals surface area (Å²) in [5.74, 6) is 0.772. The molecule has 2 fully saturated rings. The fourth-order valence-electron chi connectivity index (χ4n) is 5.39. The number of aryl methyl sites for hydroxylation is 1. The van der Waals surface area contributed by atoms with Crippen LogP contribution in [0.25, 0.3) is 33.3 Å². The zero-order valence-electron chi connectivity index (χ0n) is 19.8. The maximum absolute atomic E-state index is 13.3. The molecule has 1 aliphatic carbocycles. The molecule has 1 aromatic carbocycles. The number of rotatable bonds is 5. The molecule has 7 heteroatoms. The molecular weight excluding hydrogens is 426 g/mol. The fourth-order valence-corrected chi connectivity index (χ4v) is 5.39. The number of carbonyl (C=O) groups excluding carboxylic acids is 1. The van der Waals surface area contributed by atoms with Crippen LogP contribution in [0.4, 0.5) is 0 Å². The van der Waals surface area contributed by atoms with E-state index >= 15 is 0 Å². The summed E-state index contributed by atoms with van der Waals surface area (Å²) in [6.45, 7) is 2.18. The first kappa shape index (κ1) is 21.4. The Hall–Kier alpha value is -3.16. The molecule has 1 aliphatic heterocycles. The van der Waals surface area contributed by atoms with Gasteiger partial charge < -0.3 is 24.5 Å². The van der Waals surface area contributed by atoms with Crippen molar-refractivity contribution < 1.29 is 9.53 Å². The van der Waals surface area contributed by atoms with E-state index in [2.05, 4.69) is 45.4 Å². The number of hydrogen-bond acceptors (Lipinski definition) is 4. The zero-order chi connectivity index (χ0) is 23.4. The molecule has 0 spiro atoms. The second kappa shape index (κ2) is 8.25. The molecule has 34 heavy (non-hydrogen) atoms. The van der Waals surface area contributed by atoms with Crippen LogP contribution in [0.3, 0.4) is 0 Å². The maximum atomic E-state index is 13.3. The van der Waals surface area contributed by atoms with Gasteiger partial charge in [-0.15, -0.1) is 0 Å². The minimum absolute atomic E-state index is 0.0140. The third kappa shape index (κ3) is 3.60. The highest BCUT2D eigenvalue weighted by atomic mass is 16.5. The van der Waals surface area contributed by atoms with Gasteiger partial charge in [-0.1, -0.05) is 0 Å². The Bertz CT molecular complexity index is 1380. The van der Waals surface area contributed by atoms with Crippen molar-refractivity contribution >= 4 is 27.8 Å². The molecule has 7 nitrogen and oxygen atoms in total. The number of fused-ring (bicyclic) bond motifs is 2. The first-order valence-electron chi connectivity index (χ1n) is 12.1. The number of aromatic nitrogens is 3. The minimum Gasteiger partial charge on any atom is -0.380 e. The highest BCUT2D eigenvalue weighted by Gasteiger charge is 2.30. The molecule has 0 bridgehead atoms. The molecule has 176 valence electrons. The second-order valence-electron chi connectivity index (χ2n) is 9.84. The van der Waals surface area contributed by atoms with Gasteiger partial charge in [0.25, 0.3) is 5.91 Å². The molecule has 2 N–H and O–H groups in total. The van der Waals surface area contributed by atoms with Gasteiger partial charge >= 0.3 is 0 Å². The van der Waals surface area contributed by atoms with Gasteiger partial charge in [0.15, 0.2) is 0 Å². The van der Waals surface area contributed by atoms with Crippen LogP contribution in [0.2, 0.25) is 0 Å². The standard InChI is InChI=1S/C27H31N5O2/c1-30-22-8-7-19(27(33)31-11-9-25(34-2)21(28)16-31)12-20(22)14-23(30)24-13-18-4-3-10-29-26(18)32(24)15-17-5-6-17/h3-4,7-8,10,12-14,17,21,25H,5-6,9,11,15-16,28H2,1-2H3/t21-,25+/m0/s1. The first-order chi connectivity index (χ1) is 16.5. The number of piperidine rings is 1. The van der Waals surface area contributed by atoms with Gasteiger partial charge in [0.2, 0.25) is 0 Å². The summed E-state index contributed by atoms with van der Waals surface area (Å²) in [7, 11) is 3.78. The SMILES string of the molecule is CO[C@@H]1CCN(C(=O)c2ccc3c(c2)cc(-c2cc4cccnc4n2CC2CC2)n3C)C[C@@H]1N. The minimum atomic E-state index is -0.156. The van der Waals surface area contributed by atoms with E-state index in [9.17, 15) is 4.79 Å². The van der Waals surface area contributed by atoms with Crippen LogP contribution in [0, 0.1) is 5.92 Å². The lowest BCUT2D eigenvalue weighted by molar-refractivity contribution is 0.0227. The molecule has 1 saturated carbocycles. The third-order valence-corrected chi connectivity index (χ3v) is 7.53. The van der Waals surface area contributed by atoms with Gasteiger partial charge in [0.1, 0.15) is 5.65 Å². The number of nitrogens with two attached hydrogens (primary N) is 1. The number of ether oxygens (including phenoxy) is 1. The smallest absolute Gasteiger partial charge is 0.253 e. The molecule has 4 heterocycles. The number of likely N-dealkylation sites (tertiary alicyclic amines) is 1. The van der Waals surface area contributed by atoms with Crippen LogP contribution in [0.5, 0.6) is 0 Å². The van der Waals surface area contributed by atoms with E-state index in [-0.39, 0.29) is 18.1 Å². The van der Waals surface area contributed by atoms with Crippen LogP contribution in [0.1, 0.15) is 29.6 Å². The molecule has 1 amide bonds. The lowest BCUT2D eigenvalue weighted by atomic mass is 10.0. The average molecular weight is 458 g/mol. The van der Waals surface area contributed by atoms with Gasteiger partial charge in [0, 0.05) is 67.9 Å². The van der Waals surface area contributed by atoms with Crippen LogP contribution in [-0.4, -0.2) is 57.3 Å². The lowest BCUT2D eigenvalue weighted by Crippen LogP contribution is -2.53. The van der Waals surface area contributed by atoms with Gasteiger partial charge in [-0.05, 0) is 67.6 Å². The topological polar surface area (TPSA) is 78.3 Å². The number of benzene rings is 1. The van der Waals surface area contributed by atoms with Crippen molar-refractivity contribution in [3.63, 3.8) is 0 Å². The summed E-state index contributed by atoms with van der Waals surface area (Å²) in [6.07, 6.45) is 5.23. The average Bonchev–Trinajstić information content (AvgIpc) is 3.52. The van der Waals surface area contributed by atoms with Gasteiger partial charge in [0.05, 0.1) is 17.5 Å². The molecule has 4 aromatic rings. The van der Waals surface area contributed by atoms with Crippen molar-refractivity contribution in [3.8, 4) is 11.4 Å². The molecule has 6 rings (SSSR count). The predicted octanol–water partition coefficient (Wildman–Crippen LogP) is 3.79. The van der Waals surface area contributed by atoms with E-state index in [4.69, 9.17) is 10.5 Å². The van der Waals surface area contributed by atoms with Gasteiger partial charge in [-0.2, -0.15) is 0 Å².